The molecule has 4 fully saturated rings. The van der Waals surface area contributed by atoms with Crippen LogP contribution in [0.3, 0.4) is 0 Å². The van der Waals surface area contributed by atoms with E-state index in [2.05, 4.69) is 231 Å². The third kappa shape index (κ3) is 9.89. The van der Waals surface area contributed by atoms with Gasteiger partial charge in [-0.1, -0.05) is 256 Å². The molecule has 0 amide bonds. The van der Waals surface area contributed by atoms with E-state index < -0.39 is 16.6 Å². The van der Waals surface area contributed by atoms with E-state index in [1.165, 1.54) is 82.5 Å². The van der Waals surface area contributed by atoms with Gasteiger partial charge < -0.3 is 33.7 Å². The van der Waals surface area contributed by atoms with Crippen molar-refractivity contribution in [3.05, 3.63) is 231 Å². The second-order valence-electron chi connectivity index (χ2n) is 22.2. The zero-order chi connectivity index (χ0) is 47.5. The van der Waals surface area contributed by atoms with Gasteiger partial charge in [0.15, 0.2) is 0 Å². The van der Waals surface area contributed by atoms with Crippen molar-refractivity contribution < 1.29 is 59.9 Å². The van der Waals surface area contributed by atoms with Gasteiger partial charge in [-0.25, -0.2) is 0 Å². The van der Waals surface area contributed by atoms with Crippen LogP contribution >= 0.6 is 0 Å². The van der Waals surface area contributed by atoms with Crippen molar-refractivity contribution >= 4 is 47.8 Å². The van der Waals surface area contributed by atoms with Gasteiger partial charge in [0.1, 0.15) is 0 Å². The minimum absolute atomic E-state index is 0. The summed E-state index contributed by atoms with van der Waals surface area (Å²) < 4.78 is 16.6. The van der Waals surface area contributed by atoms with E-state index in [-0.39, 0.29) is 56.4 Å². The van der Waals surface area contributed by atoms with E-state index in [1.54, 1.807) is 0 Å². The molecule has 0 aliphatic heterocycles. The van der Waals surface area contributed by atoms with Crippen LogP contribution in [-0.4, -0.2) is 29.8 Å². The largest absolute Gasteiger partial charge is 2.00 e. The second-order valence-corrected chi connectivity index (χ2v) is 28.9. The SMILES string of the molecule is C1=CC2C(C=C1)C(C(CCCO[Si](c1ccccc1)(c1ccccc1)c1ccccc1)(CO[Si](c1ccccc1)(c1ccccc1)c1ccccc1)C1C3C=CC=CC3C3CCCCC31)C1CCCCC21.[Cl-].[Cl-].[Zr+2]. The van der Waals surface area contributed by atoms with Gasteiger partial charge in [0.2, 0.25) is 0 Å². The Balaban J connectivity index is 0.00000224. The molecule has 6 aromatic rings. The van der Waals surface area contributed by atoms with Gasteiger partial charge in [0.05, 0.1) is 0 Å². The summed E-state index contributed by atoms with van der Waals surface area (Å²) in [4.78, 5) is 0. The number of halogens is 2. The molecule has 6 aliphatic carbocycles. The summed E-state index contributed by atoms with van der Waals surface area (Å²) in [6, 6.07) is 68.1. The first-order valence-electron chi connectivity index (χ1n) is 27.5. The third-order valence-corrected chi connectivity index (χ3v) is 27.1. The summed E-state index contributed by atoms with van der Waals surface area (Å²) in [5.74, 6) is 5.90. The first-order valence-corrected chi connectivity index (χ1v) is 31.4. The smallest absolute Gasteiger partial charge is 1.00 e. The molecule has 0 spiro atoms. The average Bonchev–Trinajstić information content (AvgIpc) is 3.98. The van der Waals surface area contributed by atoms with E-state index >= 15 is 0 Å². The molecule has 12 rings (SSSR count). The van der Waals surface area contributed by atoms with Crippen LogP contribution in [0.4, 0.5) is 0 Å². The first-order chi connectivity index (χ1) is 35.2. The second kappa shape index (κ2) is 24.6. The Kier molecular flexibility index (Phi) is 18.3. The fraction of sp³-hybridized carbons (Fsp3) is 0.343. The number of benzene rings is 6. The number of fused-ring (bicyclic) bond motifs is 6. The Morgan fingerprint density at radius 1 is 0.365 bits per heavy atom. The summed E-state index contributed by atoms with van der Waals surface area (Å²) in [6.07, 6.45) is 33.2. The van der Waals surface area contributed by atoms with Gasteiger partial charge in [-0.3, -0.25) is 0 Å². The summed E-state index contributed by atoms with van der Waals surface area (Å²) in [5, 5.41) is 7.92. The zero-order valence-corrected chi connectivity index (χ0v) is 48.7. The zero-order valence-electron chi connectivity index (χ0n) is 42.8. The van der Waals surface area contributed by atoms with Gasteiger partial charge in [-0.15, -0.1) is 0 Å². The number of allylic oxidation sites excluding steroid dienone is 8. The Morgan fingerprint density at radius 2 is 0.649 bits per heavy atom. The van der Waals surface area contributed by atoms with Crippen molar-refractivity contribution in [2.75, 3.05) is 13.2 Å². The van der Waals surface area contributed by atoms with Crippen molar-refractivity contribution in [2.45, 2.75) is 64.2 Å². The predicted octanol–water partition coefficient (Wildman–Crippen LogP) is 5.72. The molecule has 0 heterocycles. The summed E-state index contributed by atoms with van der Waals surface area (Å²) in [5.41, 5.74) is -0.124. The van der Waals surface area contributed by atoms with Gasteiger partial charge >= 0.3 is 26.2 Å². The summed E-state index contributed by atoms with van der Waals surface area (Å²) >= 11 is 0. The van der Waals surface area contributed by atoms with Crippen molar-refractivity contribution in [3.8, 4) is 0 Å². The van der Waals surface area contributed by atoms with Crippen molar-refractivity contribution in [1.29, 1.82) is 0 Å². The molecular weight excluding hydrogens is 1060 g/mol. The van der Waals surface area contributed by atoms with Crippen molar-refractivity contribution in [1.82, 2.24) is 0 Å². The Labute approximate surface area is 476 Å². The number of hydrogen-bond acceptors (Lipinski definition) is 2. The molecule has 4 saturated carbocycles. The molecule has 378 valence electrons. The minimum atomic E-state index is -3.11. The maximum atomic E-state index is 8.63. The van der Waals surface area contributed by atoms with Crippen LogP contribution in [0.15, 0.2) is 231 Å². The van der Waals surface area contributed by atoms with Gasteiger partial charge in [0, 0.05) is 13.2 Å². The molecule has 0 saturated heterocycles. The Morgan fingerprint density at radius 3 is 0.973 bits per heavy atom. The maximum Gasteiger partial charge on any atom is 2.00 e. The fourth-order valence-electron chi connectivity index (χ4n) is 16.5. The Bertz CT molecular complexity index is 2560. The monoisotopic (exact) mass is 1120 g/mol. The minimum Gasteiger partial charge on any atom is -1.00 e. The molecule has 6 aliphatic rings. The maximum absolute atomic E-state index is 8.63. The van der Waals surface area contributed by atoms with Gasteiger partial charge in [-0.05, 0) is 134 Å². The quantitative estimate of drug-likeness (QED) is 0.0704. The summed E-state index contributed by atoms with van der Waals surface area (Å²) in [6.45, 7) is 1.44. The molecule has 0 bridgehead atoms. The molecule has 10 unspecified atom stereocenters. The van der Waals surface area contributed by atoms with E-state index in [9.17, 15) is 0 Å². The third-order valence-electron chi connectivity index (χ3n) is 19.0. The van der Waals surface area contributed by atoms with Crippen LogP contribution in [0.5, 0.6) is 0 Å². The molecule has 10 atom stereocenters. The molecule has 6 aromatic carbocycles. The fourth-order valence-corrected chi connectivity index (χ4v) is 24.4. The van der Waals surface area contributed by atoms with Crippen LogP contribution in [-0.2, 0) is 35.1 Å². The number of rotatable bonds is 16. The van der Waals surface area contributed by atoms with Crippen LogP contribution < -0.4 is 55.9 Å². The van der Waals surface area contributed by atoms with Crippen LogP contribution in [0.25, 0.3) is 0 Å². The van der Waals surface area contributed by atoms with E-state index in [0.717, 1.165) is 19.4 Å². The topological polar surface area (TPSA) is 18.5 Å². The normalized spacial score (nSPS) is 27.2. The molecule has 74 heavy (non-hydrogen) atoms. The van der Waals surface area contributed by atoms with E-state index in [0.29, 0.717) is 65.8 Å². The predicted molar refractivity (Wildman–Crippen MR) is 300 cm³/mol. The van der Waals surface area contributed by atoms with Crippen molar-refractivity contribution in [2.24, 2.45) is 64.6 Å². The summed E-state index contributed by atoms with van der Waals surface area (Å²) in [7, 11) is -6.05. The van der Waals surface area contributed by atoms with Crippen molar-refractivity contribution in [3.63, 3.8) is 0 Å². The number of hydrogen-bond donors (Lipinski definition) is 0. The van der Waals surface area contributed by atoms with E-state index in [1.807, 2.05) is 0 Å². The van der Waals surface area contributed by atoms with Crippen LogP contribution in [0.1, 0.15) is 64.2 Å². The molecular formula is C67H72Cl2O2Si2Zr. The van der Waals surface area contributed by atoms with Crippen LogP contribution in [0, 0.1) is 64.6 Å². The Hall–Kier alpha value is -3.90. The molecule has 7 heteroatoms. The average molecular weight is 1130 g/mol. The first kappa shape index (κ1) is 54.9. The standard InChI is InChI=1S/C67H72O2Si2.2ClH.Zr/c1-7-28-51(29-8-1)70(52-30-9-2-10-31-52,53-32-11-3-12-33-53)68-49-27-48-67(65-61-44-23-19-40-57(61)58-41-20-24-45-62(58)65,66-63-46-25-21-42-59(63)60-43-22-26-47-64(60)66)50-69-71(54-34-13-4-14-35-54,55-36-15-5-16-37-55)56-38-17-6-18-39-56;;;/h1-19,21,23,25,28-40,42,44,46,57-66H,20,22,24,26-27,41,43,45,47-50H2;2*1H;/q;;;+2/p-2. The molecule has 2 nitrogen and oxygen atoms in total. The van der Waals surface area contributed by atoms with Crippen LogP contribution in [0.2, 0.25) is 0 Å². The van der Waals surface area contributed by atoms with Gasteiger partial charge in [0.25, 0.3) is 16.6 Å². The molecule has 0 N–H and O–H groups in total. The molecule has 0 aromatic heterocycles. The van der Waals surface area contributed by atoms with E-state index in [4.69, 9.17) is 8.85 Å². The molecule has 0 radical (unpaired) electrons. The van der Waals surface area contributed by atoms with Gasteiger partial charge in [-0.2, -0.15) is 0 Å².